The largest absolute Gasteiger partial charge is 0.497 e. The molecule has 1 aromatic heterocycles. The minimum atomic E-state index is -1.05. The van der Waals surface area contributed by atoms with Crippen molar-refractivity contribution in [3.05, 3.63) is 62.0 Å². The minimum absolute atomic E-state index is 0.0136. The highest BCUT2D eigenvalue weighted by molar-refractivity contribution is 8.01. The number of thioether (sulfide) groups is 1. The number of nitrogens with zero attached hydrogens (tertiary/aromatic N) is 3. The van der Waals surface area contributed by atoms with Gasteiger partial charge in [0.05, 0.1) is 28.8 Å². The zero-order valence-electron chi connectivity index (χ0n) is 17.4. The lowest BCUT2D eigenvalue weighted by molar-refractivity contribution is -0.138. The summed E-state index contributed by atoms with van der Waals surface area (Å²) < 4.78 is 10.9. The van der Waals surface area contributed by atoms with E-state index in [1.54, 1.807) is 19.2 Å². The van der Waals surface area contributed by atoms with Gasteiger partial charge in [0.2, 0.25) is 11.0 Å². The number of hydrogen-bond donors (Lipinski definition) is 1. The molecule has 4 rings (SSSR count). The smallest absolute Gasteiger partial charge is 0.305 e. The fourth-order valence-electron chi connectivity index (χ4n) is 3.23. The van der Waals surface area contributed by atoms with E-state index >= 15 is 0 Å². The number of aliphatic carboxylic acids is 1. The molecular formula is C21H16Cl3N3O5S2. The number of carboxylic acid groups (broad SMARTS) is 1. The van der Waals surface area contributed by atoms with Gasteiger partial charge in [-0.3, -0.25) is 14.5 Å². The van der Waals surface area contributed by atoms with E-state index in [-0.39, 0.29) is 34.7 Å². The van der Waals surface area contributed by atoms with Gasteiger partial charge in [0.15, 0.2) is 10.8 Å². The Bertz CT molecular complexity index is 1200. The zero-order chi connectivity index (χ0) is 24.4. The lowest BCUT2D eigenvalue weighted by Gasteiger charge is -2.21. The van der Waals surface area contributed by atoms with E-state index in [9.17, 15) is 14.7 Å². The first-order chi connectivity index (χ1) is 16.3. The average molecular weight is 561 g/mol. The van der Waals surface area contributed by atoms with Crippen molar-refractivity contribution in [2.45, 2.75) is 23.7 Å². The average Bonchev–Trinajstić information content (AvgIpc) is 3.37. The Hall–Kier alpha value is -2.24. The first kappa shape index (κ1) is 24.9. The molecule has 1 N–H and O–H groups in total. The molecule has 0 spiro atoms. The topological polar surface area (TPSA) is 102 Å². The molecule has 0 saturated carbocycles. The molecule has 2 unspecified atom stereocenters. The van der Waals surface area contributed by atoms with Gasteiger partial charge in [-0.15, -0.1) is 22.0 Å². The number of amides is 1. The predicted molar refractivity (Wildman–Crippen MR) is 133 cm³/mol. The van der Waals surface area contributed by atoms with Crippen molar-refractivity contribution in [3.8, 4) is 11.5 Å². The van der Waals surface area contributed by atoms with Gasteiger partial charge in [0.1, 0.15) is 17.7 Å². The molecule has 2 atom stereocenters. The number of carbonyl (C=O) groups excluding carboxylic acids is 1. The number of carbonyl (C=O) groups is 2. The van der Waals surface area contributed by atoms with Gasteiger partial charge in [-0.1, -0.05) is 58.3 Å². The summed E-state index contributed by atoms with van der Waals surface area (Å²) in [6, 6.07) is 10.2. The maximum atomic E-state index is 13.1. The molecule has 2 aromatic carbocycles. The molecule has 1 fully saturated rings. The quantitative estimate of drug-likeness (QED) is 0.374. The molecule has 8 nitrogen and oxygen atoms in total. The molecule has 0 aliphatic carbocycles. The van der Waals surface area contributed by atoms with Crippen molar-refractivity contribution in [1.29, 1.82) is 0 Å². The molecule has 1 saturated heterocycles. The maximum absolute atomic E-state index is 13.1. The summed E-state index contributed by atoms with van der Waals surface area (Å²) in [5, 5.41) is 18.0. The van der Waals surface area contributed by atoms with Gasteiger partial charge in [-0.25, -0.2) is 0 Å². The molecular weight excluding hydrogens is 545 g/mol. The number of rotatable bonds is 8. The molecule has 2 heterocycles. The van der Waals surface area contributed by atoms with E-state index in [2.05, 4.69) is 10.2 Å². The first-order valence-electron chi connectivity index (χ1n) is 9.71. The van der Waals surface area contributed by atoms with Crippen molar-refractivity contribution < 1.29 is 24.2 Å². The lowest BCUT2D eigenvalue weighted by Crippen LogP contribution is -2.31. The summed E-state index contributed by atoms with van der Waals surface area (Å²) in [6.45, 7) is 0.0136. The lowest BCUT2D eigenvalue weighted by atomic mass is 10.2. The summed E-state index contributed by atoms with van der Waals surface area (Å²) in [7, 11) is 1.56. The number of ether oxygens (including phenoxy) is 2. The number of aromatic nitrogens is 2. The van der Waals surface area contributed by atoms with Crippen LogP contribution in [-0.2, 0) is 16.2 Å². The van der Waals surface area contributed by atoms with E-state index in [1.807, 2.05) is 12.1 Å². The van der Waals surface area contributed by atoms with Crippen LogP contribution in [0.1, 0.15) is 22.4 Å². The fraction of sp³-hybridized carbons (Fsp3) is 0.238. The van der Waals surface area contributed by atoms with Gasteiger partial charge >= 0.3 is 5.97 Å². The zero-order valence-corrected chi connectivity index (χ0v) is 21.3. The Kier molecular flexibility index (Phi) is 7.73. The third-order valence-corrected chi connectivity index (χ3v) is 7.88. The van der Waals surface area contributed by atoms with E-state index in [4.69, 9.17) is 44.3 Å². The van der Waals surface area contributed by atoms with Crippen molar-refractivity contribution >= 4 is 74.9 Å². The van der Waals surface area contributed by atoms with E-state index in [0.29, 0.717) is 20.9 Å². The predicted octanol–water partition coefficient (Wildman–Crippen LogP) is 5.71. The normalized spacial score (nSPS) is 17.8. The van der Waals surface area contributed by atoms with Crippen LogP contribution >= 0.6 is 57.9 Å². The monoisotopic (exact) mass is 559 g/mol. The Morgan fingerprint density at radius 3 is 2.44 bits per heavy atom. The first-order valence-corrected chi connectivity index (χ1v) is 12.6. The van der Waals surface area contributed by atoms with Crippen LogP contribution in [-0.4, -0.2) is 39.5 Å². The summed E-state index contributed by atoms with van der Waals surface area (Å²) in [5.41, 5.74) is 0.805. The molecule has 178 valence electrons. The van der Waals surface area contributed by atoms with Crippen LogP contribution in [0.5, 0.6) is 11.5 Å². The molecule has 0 bridgehead atoms. The van der Waals surface area contributed by atoms with Crippen LogP contribution in [0.25, 0.3) is 0 Å². The maximum Gasteiger partial charge on any atom is 0.305 e. The van der Waals surface area contributed by atoms with Crippen molar-refractivity contribution in [3.63, 3.8) is 0 Å². The summed E-state index contributed by atoms with van der Waals surface area (Å²) in [6.07, 6.45) is -0.297. The number of anilines is 1. The van der Waals surface area contributed by atoms with Crippen LogP contribution in [0, 0.1) is 0 Å². The van der Waals surface area contributed by atoms with Crippen molar-refractivity contribution in [2.75, 3.05) is 12.0 Å². The second kappa shape index (κ2) is 10.6. The van der Waals surface area contributed by atoms with Crippen LogP contribution in [0.15, 0.2) is 36.4 Å². The second-order valence-electron chi connectivity index (χ2n) is 7.02. The Balaban J connectivity index is 1.58. The molecule has 3 aromatic rings. The van der Waals surface area contributed by atoms with Gasteiger partial charge in [0.25, 0.3) is 0 Å². The van der Waals surface area contributed by atoms with Crippen LogP contribution in [0.3, 0.4) is 0 Å². The minimum Gasteiger partial charge on any atom is -0.497 e. The van der Waals surface area contributed by atoms with Gasteiger partial charge < -0.3 is 14.6 Å². The number of methoxy groups -OCH3 is 1. The molecule has 34 heavy (non-hydrogen) atoms. The number of carboxylic acids is 1. The third-order valence-electron chi connectivity index (χ3n) is 4.77. The molecule has 13 heteroatoms. The second-order valence-corrected chi connectivity index (χ2v) is 10.6. The Morgan fingerprint density at radius 1 is 1.15 bits per heavy atom. The number of hydrogen-bond acceptors (Lipinski definition) is 8. The van der Waals surface area contributed by atoms with E-state index in [0.717, 1.165) is 16.9 Å². The fourth-order valence-corrected chi connectivity index (χ4v) is 6.43. The Morgan fingerprint density at radius 2 is 1.82 bits per heavy atom. The molecule has 1 amide bonds. The van der Waals surface area contributed by atoms with Crippen LogP contribution < -0.4 is 14.4 Å². The summed E-state index contributed by atoms with van der Waals surface area (Å²) in [4.78, 5) is 25.9. The number of benzene rings is 2. The summed E-state index contributed by atoms with van der Waals surface area (Å²) >= 11 is 20.6. The number of halogens is 3. The highest BCUT2D eigenvalue weighted by Crippen LogP contribution is 2.47. The van der Waals surface area contributed by atoms with Gasteiger partial charge in [-0.05, 0) is 29.8 Å². The van der Waals surface area contributed by atoms with Crippen molar-refractivity contribution in [1.82, 2.24) is 10.2 Å². The Labute approximate surface area is 217 Å². The molecule has 1 aliphatic rings. The van der Waals surface area contributed by atoms with Crippen LogP contribution in [0.2, 0.25) is 15.1 Å². The van der Waals surface area contributed by atoms with Gasteiger partial charge in [0, 0.05) is 5.02 Å². The van der Waals surface area contributed by atoms with E-state index in [1.165, 1.54) is 28.8 Å². The summed E-state index contributed by atoms with van der Waals surface area (Å²) in [5.74, 6) is -0.471. The van der Waals surface area contributed by atoms with Crippen molar-refractivity contribution in [2.24, 2.45) is 0 Å². The molecule has 1 aliphatic heterocycles. The van der Waals surface area contributed by atoms with Crippen LogP contribution in [0.4, 0.5) is 5.13 Å². The highest BCUT2D eigenvalue weighted by atomic mass is 35.5. The van der Waals surface area contributed by atoms with E-state index < -0.39 is 16.6 Å². The standard InChI is InChI=1S/C21H16Cl3N3O5S2/c1-31-12-4-2-10(3-5-12)20-27(19(30)15(33-20)8-17(28)29)21-26-25-16(34-21)9-32-18-13(23)6-11(22)7-14(18)24/h2-7,15,20H,8-9H2,1H3,(H,28,29). The highest BCUT2D eigenvalue weighted by Gasteiger charge is 2.44. The third kappa shape index (κ3) is 5.36. The van der Waals surface area contributed by atoms with Gasteiger partial charge in [-0.2, -0.15) is 0 Å². The molecule has 0 radical (unpaired) electrons. The SMILES string of the molecule is COc1ccc(C2SC(CC(=O)O)C(=O)N2c2nnc(COc3c(Cl)cc(Cl)cc3Cl)s2)cc1.